The molecule has 0 aromatic carbocycles. The number of aromatic nitrogens is 4. The summed E-state index contributed by atoms with van der Waals surface area (Å²) in [6.45, 7) is 5.70. The molecule has 0 N–H and O–H groups in total. The lowest BCUT2D eigenvalue weighted by Gasteiger charge is -2.32. The Kier molecular flexibility index (Phi) is 4.55. The fraction of sp³-hybridized carbons (Fsp3) is 0.500. The molecule has 0 radical (unpaired) electrons. The van der Waals surface area contributed by atoms with E-state index < -0.39 is 0 Å². The molecule has 0 spiro atoms. The minimum absolute atomic E-state index is 0.0843. The zero-order chi connectivity index (χ0) is 16.2. The van der Waals surface area contributed by atoms with Gasteiger partial charge in [0.1, 0.15) is 0 Å². The van der Waals surface area contributed by atoms with Crippen LogP contribution >= 0.6 is 0 Å². The number of ether oxygens (including phenoxy) is 1. The van der Waals surface area contributed by atoms with Gasteiger partial charge in [-0.3, -0.25) is 4.79 Å². The summed E-state index contributed by atoms with van der Waals surface area (Å²) in [7, 11) is 0. The number of aryl methyl sites for hydroxylation is 1. The van der Waals surface area contributed by atoms with Crippen molar-refractivity contribution in [2.45, 2.75) is 26.7 Å². The molecule has 1 atom stereocenters. The van der Waals surface area contributed by atoms with Crippen molar-refractivity contribution in [3.63, 3.8) is 0 Å². The standard InChI is InChI=1S/C16H21N5O2/c1-3-23-16(22)13-5-4-9-20(11-13)14-6-7-15(18-17-14)21-10-8-12(2)19-21/h6-8,10,13H,3-5,9,11H2,1-2H3. The van der Waals surface area contributed by atoms with Crippen LogP contribution in [-0.4, -0.2) is 45.6 Å². The van der Waals surface area contributed by atoms with Crippen molar-refractivity contribution in [1.82, 2.24) is 20.0 Å². The molecule has 7 nitrogen and oxygen atoms in total. The maximum absolute atomic E-state index is 11.9. The highest BCUT2D eigenvalue weighted by atomic mass is 16.5. The lowest BCUT2D eigenvalue weighted by atomic mass is 9.98. The van der Waals surface area contributed by atoms with Crippen LogP contribution in [0.5, 0.6) is 0 Å². The maximum Gasteiger partial charge on any atom is 0.310 e. The first-order valence-electron chi connectivity index (χ1n) is 7.95. The molecule has 1 unspecified atom stereocenters. The predicted octanol–water partition coefficient (Wildman–Crippen LogP) is 1.75. The summed E-state index contributed by atoms with van der Waals surface area (Å²) in [5.74, 6) is 1.26. The van der Waals surface area contributed by atoms with Crippen LogP contribution in [0.15, 0.2) is 24.4 Å². The zero-order valence-electron chi connectivity index (χ0n) is 13.5. The number of anilines is 1. The topological polar surface area (TPSA) is 73.1 Å². The molecule has 2 aromatic rings. The van der Waals surface area contributed by atoms with Gasteiger partial charge in [-0.15, -0.1) is 10.2 Å². The second kappa shape index (κ2) is 6.76. The highest BCUT2D eigenvalue weighted by molar-refractivity contribution is 5.73. The summed E-state index contributed by atoms with van der Waals surface area (Å²) in [5, 5.41) is 12.8. The lowest BCUT2D eigenvalue weighted by Crippen LogP contribution is -2.40. The summed E-state index contributed by atoms with van der Waals surface area (Å²) in [6, 6.07) is 5.74. The molecule has 0 amide bonds. The van der Waals surface area contributed by atoms with Crippen LogP contribution in [0.25, 0.3) is 5.82 Å². The van der Waals surface area contributed by atoms with Crippen LogP contribution in [0, 0.1) is 12.8 Å². The average Bonchev–Trinajstić information content (AvgIpc) is 3.02. The summed E-state index contributed by atoms with van der Waals surface area (Å²) >= 11 is 0. The van der Waals surface area contributed by atoms with Crippen LogP contribution in [-0.2, 0) is 9.53 Å². The quantitative estimate of drug-likeness (QED) is 0.800. The van der Waals surface area contributed by atoms with E-state index in [4.69, 9.17) is 4.74 Å². The molecule has 1 fully saturated rings. The summed E-state index contributed by atoms with van der Waals surface area (Å²) < 4.78 is 6.83. The van der Waals surface area contributed by atoms with Crippen molar-refractivity contribution in [1.29, 1.82) is 0 Å². The van der Waals surface area contributed by atoms with Gasteiger partial charge < -0.3 is 9.64 Å². The fourth-order valence-corrected chi connectivity index (χ4v) is 2.79. The molecule has 2 aromatic heterocycles. The van der Waals surface area contributed by atoms with Crippen molar-refractivity contribution in [2.75, 3.05) is 24.6 Å². The van der Waals surface area contributed by atoms with Gasteiger partial charge in [0.2, 0.25) is 0 Å². The highest BCUT2D eigenvalue weighted by Crippen LogP contribution is 2.22. The van der Waals surface area contributed by atoms with Crippen molar-refractivity contribution in [2.24, 2.45) is 5.92 Å². The molecule has 7 heteroatoms. The molecule has 122 valence electrons. The molecular weight excluding hydrogens is 294 g/mol. The average molecular weight is 315 g/mol. The number of hydrogen-bond acceptors (Lipinski definition) is 6. The first-order chi connectivity index (χ1) is 11.2. The third kappa shape index (κ3) is 3.49. The van der Waals surface area contributed by atoms with Crippen LogP contribution in [0.2, 0.25) is 0 Å². The number of carbonyl (C=O) groups excluding carboxylic acids is 1. The Hall–Kier alpha value is -2.44. The van der Waals surface area contributed by atoms with Gasteiger partial charge in [-0.05, 0) is 44.9 Å². The molecule has 1 saturated heterocycles. The van der Waals surface area contributed by atoms with Gasteiger partial charge in [0.25, 0.3) is 0 Å². The monoisotopic (exact) mass is 315 g/mol. The molecule has 3 rings (SSSR count). The lowest BCUT2D eigenvalue weighted by molar-refractivity contribution is -0.148. The minimum Gasteiger partial charge on any atom is -0.466 e. The van der Waals surface area contributed by atoms with Crippen LogP contribution in [0.3, 0.4) is 0 Å². The Balaban J connectivity index is 1.70. The smallest absolute Gasteiger partial charge is 0.310 e. The van der Waals surface area contributed by atoms with E-state index >= 15 is 0 Å². The van der Waals surface area contributed by atoms with Gasteiger partial charge in [0, 0.05) is 19.3 Å². The number of piperidine rings is 1. The first-order valence-corrected chi connectivity index (χ1v) is 7.95. The summed E-state index contributed by atoms with van der Waals surface area (Å²) in [5.41, 5.74) is 0.934. The molecule has 0 bridgehead atoms. The Morgan fingerprint density at radius 2 is 2.09 bits per heavy atom. The molecule has 0 saturated carbocycles. The second-order valence-electron chi connectivity index (χ2n) is 5.69. The minimum atomic E-state index is -0.117. The van der Waals surface area contributed by atoms with Crippen molar-refractivity contribution < 1.29 is 9.53 Å². The number of carbonyl (C=O) groups is 1. The van der Waals surface area contributed by atoms with Crippen molar-refractivity contribution in [3.05, 3.63) is 30.1 Å². The van der Waals surface area contributed by atoms with Gasteiger partial charge >= 0.3 is 5.97 Å². The van der Waals surface area contributed by atoms with E-state index in [9.17, 15) is 4.79 Å². The van der Waals surface area contributed by atoms with Crippen LogP contribution < -0.4 is 4.90 Å². The van der Waals surface area contributed by atoms with Crippen LogP contribution in [0.4, 0.5) is 5.82 Å². The predicted molar refractivity (Wildman–Crippen MR) is 85.5 cm³/mol. The van der Waals surface area contributed by atoms with E-state index in [1.165, 1.54) is 0 Å². The number of esters is 1. The normalized spacial score (nSPS) is 18.0. The Morgan fingerprint density at radius 1 is 1.30 bits per heavy atom. The summed E-state index contributed by atoms with van der Waals surface area (Å²) in [6.07, 6.45) is 3.68. The Labute approximate surface area is 135 Å². The molecule has 1 aliphatic rings. The van der Waals surface area contributed by atoms with E-state index in [0.29, 0.717) is 19.0 Å². The van der Waals surface area contributed by atoms with E-state index in [-0.39, 0.29) is 11.9 Å². The van der Waals surface area contributed by atoms with Crippen LogP contribution in [0.1, 0.15) is 25.5 Å². The third-order valence-electron chi connectivity index (χ3n) is 3.96. The summed E-state index contributed by atoms with van der Waals surface area (Å²) in [4.78, 5) is 14.0. The van der Waals surface area contributed by atoms with Crippen molar-refractivity contribution >= 4 is 11.8 Å². The number of rotatable bonds is 4. The van der Waals surface area contributed by atoms with E-state index in [1.807, 2.05) is 38.2 Å². The second-order valence-corrected chi connectivity index (χ2v) is 5.69. The number of nitrogens with zero attached hydrogens (tertiary/aromatic N) is 5. The van der Waals surface area contributed by atoms with Gasteiger partial charge in [0.05, 0.1) is 18.2 Å². The molecule has 0 aliphatic carbocycles. The maximum atomic E-state index is 11.9. The van der Waals surface area contributed by atoms with E-state index in [1.54, 1.807) is 4.68 Å². The Bertz CT molecular complexity index is 667. The number of hydrogen-bond donors (Lipinski definition) is 0. The van der Waals surface area contributed by atoms with E-state index in [2.05, 4.69) is 20.2 Å². The van der Waals surface area contributed by atoms with E-state index in [0.717, 1.165) is 30.9 Å². The van der Waals surface area contributed by atoms with Gasteiger partial charge in [0.15, 0.2) is 11.6 Å². The third-order valence-corrected chi connectivity index (χ3v) is 3.96. The van der Waals surface area contributed by atoms with Gasteiger partial charge in [-0.1, -0.05) is 0 Å². The molecular formula is C16H21N5O2. The van der Waals surface area contributed by atoms with Crippen molar-refractivity contribution in [3.8, 4) is 5.82 Å². The molecule has 1 aliphatic heterocycles. The SMILES string of the molecule is CCOC(=O)C1CCCN(c2ccc(-n3ccc(C)n3)nn2)C1. The Morgan fingerprint density at radius 3 is 2.74 bits per heavy atom. The molecule has 23 heavy (non-hydrogen) atoms. The zero-order valence-corrected chi connectivity index (χ0v) is 13.5. The van der Waals surface area contributed by atoms with Gasteiger partial charge in [-0.2, -0.15) is 5.10 Å². The highest BCUT2D eigenvalue weighted by Gasteiger charge is 2.27. The van der Waals surface area contributed by atoms with Gasteiger partial charge in [-0.25, -0.2) is 4.68 Å². The molecule has 3 heterocycles. The largest absolute Gasteiger partial charge is 0.466 e. The fourth-order valence-electron chi connectivity index (χ4n) is 2.79. The first kappa shape index (κ1) is 15.5.